The summed E-state index contributed by atoms with van der Waals surface area (Å²) in [4.78, 5) is 29.1. The lowest BCUT2D eigenvalue weighted by Crippen LogP contribution is -2.31. The van der Waals surface area contributed by atoms with Gasteiger partial charge in [-0.1, -0.05) is 59.8 Å². The van der Waals surface area contributed by atoms with Crippen molar-refractivity contribution in [1.29, 1.82) is 0 Å². The van der Waals surface area contributed by atoms with Gasteiger partial charge in [0.05, 0.1) is 23.3 Å². The Morgan fingerprint density at radius 3 is 2.17 bits per heavy atom. The van der Waals surface area contributed by atoms with E-state index in [1.807, 2.05) is 30.3 Å². The zero-order valence-corrected chi connectivity index (χ0v) is 17.0. The van der Waals surface area contributed by atoms with Crippen molar-refractivity contribution in [2.75, 3.05) is 12.0 Å². The van der Waals surface area contributed by atoms with Gasteiger partial charge >= 0.3 is 0 Å². The molecule has 2 amide bonds. The average molecular weight is 422 g/mol. The number of para-hydroxylation sites is 2. The van der Waals surface area contributed by atoms with Gasteiger partial charge in [0.1, 0.15) is 5.75 Å². The monoisotopic (exact) mass is 421 g/mol. The molecule has 0 bridgehead atoms. The molecule has 0 atom stereocenters. The Kier molecular flexibility index (Phi) is 5.43. The van der Waals surface area contributed by atoms with Crippen molar-refractivity contribution < 1.29 is 14.3 Å². The third kappa shape index (κ3) is 3.67. The third-order valence-corrected chi connectivity index (χ3v) is 5.81. The topological polar surface area (TPSA) is 46.6 Å². The van der Waals surface area contributed by atoms with Gasteiger partial charge in [0.25, 0.3) is 11.8 Å². The summed E-state index contributed by atoms with van der Waals surface area (Å²) in [5.74, 6) is -0.197. The van der Waals surface area contributed by atoms with Crippen LogP contribution in [-0.4, -0.2) is 18.9 Å². The van der Waals surface area contributed by atoms with Gasteiger partial charge < -0.3 is 4.74 Å². The maximum absolute atomic E-state index is 13.4. The molecular weight excluding hydrogens is 406 g/mol. The van der Waals surface area contributed by atoms with E-state index in [0.29, 0.717) is 32.5 Å². The van der Waals surface area contributed by atoms with E-state index in [1.54, 1.807) is 55.6 Å². The molecule has 29 heavy (non-hydrogen) atoms. The van der Waals surface area contributed by atoms with Crippen LogP contribution in [0.15, 0.2) is 88.7 Å². The van der Waals surface area contributed by atoms with Crippen LogP contribution in [0.4, 0.5) is 5.69 Å². The number of amides is 2. The van der Waals surface area contributed by atoms with Gasteiger partial charge in [-0.15, -0.1) is 0 Å². The average Bonchev–Trinajstić information content (AvgIpc) is 2.99. The van der Waals surface area contributed by atoms with E-state index in [2.05, 4.69) is 0 Å². The second kappa shape index (κ2) is 8.15. The Hall–Kier alpha value is -3.02. The van der Waals surface area contributed by atoms with E-state index in [1.165, 1.54) is 16.7 Å². The second-order valence-electron chi connectivity index (χ2n) is 6.24. The number of methoxy groups -OCH3 is 1. The van der Waals surface area contributed by atoms with Crippen LogP contribution in [0.5, 0.6) is 5.75 Å². The van der Waals surface area contributed by atoms with Gasteiger partial charge in [-0.25, -0.2) is 4.90 Å². The van der Waals surface area contributed by atoms with Crippen LogP contribution >= 0.6 is 23.4 Å². The van der Waals surface area contributed by atoms with Gasteiger partial charge in [0.15, 0.2) is 0 Å². The number of ether oxygens (including phenoxy) is 1. The zero-order valence-electron chi connectivity index (χ0n) is 15.5. The molecule has 4 rings (SSSR count). The highest BCUT2D eigenvalue weighted by Gasteiger charge is 2.41. The lowest BCUT2D eigenvalue weighted by Gasteiger charge is -2.15. The van der Waals surface area contributed by atoms with Gasteiger partial charge in [0, 0.05) is 15.5 Å². The van der Waals surface area contributed by atoms with E-state index in [9.17, 15) is 9.59 Å². The van der Waals surface area contributed by atoms with Crippen molar-refractivity contribution in [3.05, 3.63) is 94.4 Å². The summed E-state index contributed by atoms with van der Waals surface area (Å²) in [6.07, 6.45) is 0. The number of hydrogen-bond donors (Lipinski definition) is 0. The van der Waals surface area contributed by atoms with Gasteiger partial charge in [-0.05, 0) is 42.5 Å². The fraction of sp³-hybridized carbons (Fsp3) is 0.0435. The predicted octanol–water partition coefficient (Wildman–Crippen LogP) is 5.43. The maximum atomic E-state index is 13.4. The van der Waals surface area contributed by atoms with Crippen LogP contribution in [0.2, 0.25) is 5.02 Å². The van der Waals surface area contributed by atoms with E-state index in [0.717, 1.165) is 4.90 Å². The fourth-order valence-electron chi connectivity index (χ4n) is 3.13. The van der Waals surface area contributed by atoms with Gasteiger partial charge in [-0.3, -0.25) is 9.59 Å². The minimum atomic E-state index is -0.373. The molecule has 0 aromatic heterocycles. The minimum Gasteiger partial charge on any atom is -0.496 e. The molecule has 1 aliphatic rings. The Labute approximate surface area is 177 Å². The molecule has 4 nitrogen and oxygen atoms in total. The predicted molar refractivity (Wildman–Crippen MR) is 116 cm³/mol. The minimum absolute atomic E-state index is 0.330. The number of halogens is 1. The molecule has 0 spiro atoms. The van der Waals surface area contributed by atoms with Crippen molar-refractivity contribution >= 4 is 46.4 Å². The van der Waals surface area contributed by atoms with Crippen molar-refractivity contribution in [3.8, 4) is 5.75 Å². The van der Waals surface area contributed by atoms with E-state index >= 15 is 0 Å². The highest BCUT2D eigenvalue weighted by Crippen LogP contribution is 2.43. The quantitative estimate of drug-likeness (QED) is 0.515. The van der Waals surface area contributed by atoms with Crippen molar-refractivity contribution in [3.63, 3.8) is 0 Å². The molecule has 6 heteroatoms. The third-order valence-electron chi connectivity index (χ3n) is 4.47. The molecular formula is C23H16ClNO3S. The molecule has 0 saturated heterocycles. The summed E-state index contributed by atoms with van der Waals surface area (Å²) in [7, 11) is 1.54. The lowest BCUT2D eigenvalue weighted by atomic mass is 10.0. The molecule has 0 fully saturated rings. The molecule has 3 aromatic rings. The number of nitrogens with zero attached hydrogens (tertiary/aromatic N) is 1. The van der Waals surface area contributed by atoms with Gasteiger partial charge in [-0.2, -0.15) is 0 Å². The molecule has 0 unspecified atom stereocenters. The number of hydrogen-bond acceptors (Lipinski definition) is 4. The molecule has 1 heterocycles. The number of carbonyl (C=O) groups is 2. The molecule has 0 saturated carbocycles. The largest absolute Gasteiger partial charge is 0.496 e. The van der Waals surface area contributed by atoms with Crippen LogP contribution in [0, 0.1) is 0 Å². The summed E-state index contributed by atoms with van der Waals surface area (Å²) < 4.78 is 5.45. The Morgan fingerprint density at radius 2 is 1.48 bits per heavy atom. The molecule has 1 aliphatic heterocycles. The van der Waals surface area contributed by atoms with Crippen LogP contribution < -0.4 is 9.64 Å². The Balaban J connectivity index is 1.86. The molecule has 0 N–H and O–H groups in total. The van der Waals surface area contributed by atoms with E-state index < -0.39 is 0 Å². The highest BCUT2D eigenvalue weighted by molar-refractivity contribution is 8.04. The van der Waals surface area contributed by atoms with Crippen molar-refractivity contribution in [1.82, 2.24) is 0 Å². The van der Waals surface area contributed by atoms with E-state index in [-0.39, 0.29) is 11.8 Å². The molecule has 0 aliphatic carbocycles. The first-order valence-electron chi connectivity index (χ1n) is 8.85. The highest BCUT2D eigenvalue weighted by atomic mass is 35.5. The Bertz CT molecular complexity index is 1110. The van der Waals surface area contributed by atoms with Crippen LogP contribution in [0.1, 0.15) is 5.56 Å². The number of thioether (sulfide) groups is 1. The first kappa shape index (κ1) is 19.3. The summed E-state index contributed by atoms with van der Waals surface area (Å²) in [6, 6.07) is 23.3. The zero-order chi connectivity index (χ0) is 20.4. The normalized spacial score (nSPS) is 13.9. The number of anilines is 1. The van der Waals surface area contributed by atoms with Crippen LogP contribution in [0.25, 0.3) is 5.57 Å². The fourth-order valence-corrected chi connectivity index (χ4v) is 4.24. The molecule has 144 valence electrons. The van der Waals surface area contributed by atoms with E-state index in [4.69, 9.17) is 16.3 Å². The summed E-state index contributed by atoms with van der Waals surface area (Å²) in [5, 5.41) is 0.605. The first-order chi connectivity index (χ1) is 14.1. The lowest BCUT2D eigenvalue weighted by molar-refractivity contribution is -0.119. The van der Waals surface area contributed by atoms with Crippen LogP contribution in [0.3, 0.4) is 0 Å². The summed E-state index contributed by atoms with van der Waals surface area (Å²) in [5.41, 5.74) is 1.45. The van der Waals surface area contributed by atoms with Crippen LogP contribution in [-0.2, 0) is 9.59 Å². The SMILES string of the molecule is COc1ccccc1C1=C(Sc2ccc(Cl)cc2)C(=O)N(c2ccccc2)C1=O. The van der Waals surface area contributed by atoms with Crippen molar-refractivity contribution in [2.24, 2.45) is 0 Å². The second-order valence-corrected chi connectivity index (χ2v) is 7.76. The van der Waals surface area contributed by atoms with Gasteiger partial charge in [0.2, 0.25) is 0 Å². The first-order valence-corrected chi connectivity index (χ1v) is 10.0. The number of benzene rings is 3. The standard InChI is InChI=1S/C23H16ClNO3S/c1-28-19-10-6-5-9-18(19)20-21(29-17-13-11-15(24)12-14-17)23(27)25(22(20)26)16-7-3-2-4-8-16/h2-14H,1H3. The summed E-state index contributed by atoms with van der Waals surface area (Å²) >= 11 is 7.23. The Morgan fingerprint density at radius 1 is 0.828 bits per heavy atom. The number of imide groups is 1. The number of carbonyl (C=O) groups excluding carboxylic acids is 2. The smallest absolute Gasteiger partial charge is 0.272 e. The van der Waals surface area contributed by atoms with Crippen molar-refractivity contribution in [2.45, 2.75) is 4.90 Å². The molecule has 0 radical (unpaired) electrons. The molecule has 3 aromatic carbocycles. The summed E-state index contributed by atoms with van der Waals surface area (Å²) in [6.45, 7) is 0. The number of rotatable bonds is 5. The maximum Gasteiger partial charge on any atom is 0.272 e.